The summed E-state index contributed by atoms with van der Waals surface area (Å²) in [6.07, 6.45) is 4.80. The summed E-state index contributed by atoms with van der Waals surface area (Å²) in [7, 11) is 0. The Balaban J connectivity index is 1.24. The van der Waals surface area contributed by atoms with Crippen molar-refractivity contribution in [2.24, 2.45) is 5.41 Å². The zero-order valence-corrected chi connectivity index (χ0v) is 21.3. The van der Waals surface area contributed by atoms with Gasteiger partial charge in [0.05, 0.1) is 15.8 Å². The van der Waals surface area contributed by atoms with Crippen molar-refractivity contribution in [2.45, 2.75) is 26.5 Å². The lowest BCUT2D eigenvalue weighted by atomic mass is 9.72. The van der Waals surface area contributed by atoms with E-state index in [-0.39, 0.29) is 6.61 Å². The van der Waals surface area contributed by atoms with Gasteiger partial charge in [-0.1, -0.05) is 23.2 Å². The van der Waals surface area contributed by atoms with Crippen LogP contribution in [0.25, 0.3) is 0 Å². The molecule has 3 aromatic rings. The predicted molar refractivity (Wildman–Crippen MR) is 141 cm³/mol. The Labute approximate surface area is 215 Å². The Morgan fingerprint density at radius 2 is 1.80 bits per heavy atom. The Hall–Kier alpha value is -2.87. The van der Waals surface area contributed by atoms with Crippen molar-refractivity contribution in [1.29, 1.82) is 5.41 Å². The molecule has 7 nitrogen and oxygen atoms in total. The van der Waals surface area contributed by atoms with E-state index in [0.29, 0.717) is 55.3 Å². The van der Waals surface area contributed by atoms with E-state index in [1.165, 1.54) is 25.5 Å². The van der Waals surface area contributed by atoms with E-state index >= 15 is 0 Å². The summed E-state index contributed by atoms with van der Waals surface area (Å²) in [6, 6.07) is 9.78. The van der Waals surface area contributed by atoms with Crippen LogP contribution in [-0.2, 0) is 6.61 Å². The van der Waals surface area contributed by atoms with Crippen LogP contribution in [0.1, 0.15) is 30.5 Å². The third-order valence-corrected chi connectivity index (χ3v) is 7.50. The highest BCUT2D eigenvalue weighted by Gasteiger charge is 2.52. The quantitative estimate of drug-likeness (QED) is 0.347. The van der Waals surface area contributed by atoms with Crippen molar-refractivity contribution in [1.82, 2.24) is 14.9 Å². The Kier molecular flexibility index (Phi) is 6.34. The minimum Gasteiger partial charge on any atom is -0.489 e. The number of pyridine rings is 2. The van der Waals surface area contributed by atoms with Gasteiger partial charge in [-0.05, 0) is 44.2 Å². The average molecular weight is 511 g/mol. The molecule has 0 bridgehead atoms. The predicted octanol–water partition coefficient (Wildman–Crippen LogP) is 4.89. The van der Waals surface area contributed by atoms with E-state index in [1.54, 1.807) is 24.4 Å². The van der Waals surface area contributed by atoms with E-state index < -0.39 is 0 Å². The molecule has 1 spiro atoms. The van der Waals surface area contributed by atoms with Crippen LogP contribution in [0.5, 0.6) is 5.75 Å². The summed E-state index contributed by atoms with van der Waals surface area (Å²) in [5, 5.41) is 9.61. The number of rotatable bonds is 7. The van der Waals surface area contributed by atoms with Crippen molar-refractivity contribution >= 4 is 40.4 Å². The topological polar surface area (TPSA) is 91.4 Å². The number of aromatic nitrogens is 2. The van der Waals surface area contributed by atoms with Crippen molar-refractivity contribution in [3.05, 3.63) is 75.7 Å². The summed E-state index contributed by atoms with van der Waals surface area (Å²) < 4.78 is 5.89. The standard InChI is InChI=1S/C26H28Cl2N6O/c1-16(2)33-12-26(13-33)14-34(15-26)24-6-3-17(8-32-24)25(30)19-7-18(4-5-23(19)29)35-11-20-21(27)9-31-10-22(20)28/h3-10,16,30H,11-15,29H2,1-2H3. The summed E-state index contributed by atoms with van der Waals surface area (Å²) in [5.74, 6) is 1.51. The largest absolute Gasteiger partial charge is 0.489 e. The lowest BCUT2D eigenvalue weighted by Gasteiger charge is -2.61. The monoisotopic (exact) mass is 510 g/mol. The summed E-state index contributed by atoms with van der Waals surface area (Å²) in [4.78, 5) is 13.4. The van der Waals surface area contributed by atoms with Crippen LogP contribution in [-0.4, -0.2) is 52.8 Å². The van der Waals surface area contributed by atoms with Crippen LogP contribution < -0.4 is 15.4 Å². The molecule has 2 aromatic heterocycles. The first-order valence-electron chi connectivity index (χ1n) is 11.6. The molecule has 0 amide bonds. The number of likely N-dealkylation sites (tertiary alicyclic amines) is 1. The molecule has 2 aliphatic rings. The third kappa shape index (κ3) is 4.68. The normalized spacial score (nSPS) is 16.8. The van der Waals surface area contributed by atoms with E-state index in [9.17, 15) is 0 Å². The van der Waals surface area contributed by atoms with Gasteiger partial charge < -0.3 is 15.4 Å². The van der Waals surface area contributed by atoms with Gasteiger partial charge in [-0.25, -0.2) is 4.98 Å². The first kappa shape index (κ1) is 23.9. The molecule has 0 radical (unpaired) electrons. The van der Waals surface area contributed by atoms with Crippen LogP contribution in [0.2, 0.25) is 10.0 Å². The summed E-state index contributed by atoms with van der Waals surface area (Å²) in [5.41, 5.74) is 9.34. The smallest absolute Gasteiger partial charge is 0.128 e. The van der Waals surface area contributed by atoms with E-state index in [1.807, 2.05) is 12.1 Å². The number of nitrogens with one attached hydrogen (secondary N) is 1. The SMILES string of the molecule is CC(C)N1CC2(CN(c3ccc(C(=N)c4cc(OCc5c(Cl)cncc5Cl)ccc4N)cn3)C2)C1. The van der Waals surface area contributed by atoms with Crippen molar-refractivity contribution in [3.63, 3.8) is 0 Å². The Bertz CT molecular complexity index is 1230. The Morgan fingerprint density at radius 1 is 1.09 bits per heavy atom. The van der Waals surface area contributed by atoms with Crippen molar-refractivity contribution in [2.75, 3.05) is 36.8 Å². The number of nitrogens with zero attached hydrogens (tertiary/aromatic N) is 4. The first-order chi connectivity index (χ1) is 16.7. The number of anilines is 2. The van der Waals surface area contributed by atoms with Gasteiger partial charge in [-0.2, -0.15) is 0 Å². The molecular weight excluding hydrogens is 483 g/mol. The number of hydrogen-bond donors (Lipinski definition) is 2. The highest BCUT2D eigenvalue weighted by molar-refractivity contribution is 6.35. The van der Waals surface area contributed by atoms with Gasteiger partial charge in [-0.3, -0.25) is 15.3 Å². The molecular formula is C26H28Cl2N6O. The van der Waals surface area contributed by atoms with Gasteiger partial charge in [0.15, 0.2) is 0 Å². The summed E-state index contributed by atoms with van der Waals surface area (Å²) >= 11 is 12.4. The molecule has 182 valence electrons. The van der Waals surface area contributed by atoms with Crippen LogP contribution in [0.15, 0.2) is 48.9 Å². The number of halogens is 2. The molecule has 1 aromatic carbocycles. The molecule has 2 aliphatic heterocycles. The molecule has 2 saturated heterocycles. The average Bonchev–Trinajstić information content (AvgIpc) is 2.77. The van der Waals surface area contributed by atoms with E-state index in [4.69, 9.17) is 39.1 Å². The molecule has 35 heavy (non-hydrogen) atoms. The minimum absolute atomic E-state index is 0.180. The second kappa shape index (κ2) is 9.30. The maximum Gasteiger partial charge on any atom is 0.128 e. The van der Waals surface area contributed by atoms with Gasteiger partial charge >= 0.3 is 0 Å². The molecule has 5 rings (SSSR count). The van der Waals surface area contributed by atoms with Crippen LogP contribution in [0.3, 0.4) is 0 Å². The van der Waals surface area contributed by atoms with Gasteiger partial charge in [0, 0.05) is 78.6 Å². The second-order valence-corrected chi connectivity index (χ2v) is 10.6. The highest BCUT2D eigenvalue weighted by Crippen LogP contribution is 2.42. The van der Waals surface area contributed by atoms with Crippen molar-refractivity contribution in [3.8, 4) is 5.75 Å². The minimum atomic E-state index is 0.180. The lowest BCUT2D eigenvalue weighted by Crippen LogP contribution is -2.73. The molecule has 0 unspecified atom stereocenters. The van der Waals surface area contributed by atoms with Gasteiger partial charge in [0.1, 0.15) is 18.2 Å². The number of ether oxygens (including phenoxy) is 1. The molecule has 3 N–H and O–H groups in total. The first-order valence-corrected chi connectivity index (χ1v) is 12.3. The molecule has 4 heterocycles. The van der Waals surface area contributed by atoms with Gasteiger partial charge in [0.25, 0.3) is 0 Å². The molecule has 0 atom stereocenters. The number of hydrogen-bond acceptors (Lipinski definition) is 7. The van der Waals surface area contributed by atoms with E-state index in [0.717, 1.165) is 18.9 Å². The molecule has 0 aliphatic carbocycles. The number of benzene rings is 1. The van der Waals surface area contributed by atoms with Crippen LogP contribution in [0.4, 0.5) is 11.5 Å². The van der Waals surface area contributed by atoms with Gasteiger partial charge in [-0.15, -0.1) is 0 Å². The lowest BCUT2D eigenvalue weighted by molar-refractivity contribution is -0.0414. The molecule has 9 heteroatoms. The highest BCUT2D eigenvalue weighted by atomic mass is 35.5. The molecule has 2 fully saturated rings. The van der Waals surface area contributed by atoms with Gasteiger partial charge in [0.2, 0.25) is 0 Å². The Morgan fingerprint density at radius 3 is 2.43 bits per heavy atom. The number of nitrogen functional groups attached to an aromatic ring is 1. The zero-order valence-electron chi connectivity index (χ0n) is 19.8. The van der Waals surface area contributed by atoms with Crippen LogP contribution >= 0.6 is 23.2 Å². The third-order valence-electron chi connectivity index (χ3n) is 6.85. The van der Waals surface area contributed by atoms with Crippen LogP contribution in [0, 0.1) is 10.8 Å². The second-order valence-electron chi connectivity index (χ2n) is 9.75. The zero-order chi connectivity index (χ0) is 24.7. The maximum atomic E-state index is 8.73. The maximum absolute atomic E-state index is 8.73. The fraction of sp³-hybridized carbons (Fsp3) is 0.346. The fourth-order valence-electron chi connectivity index (χ4n) is 4.76. The van der Waals surface area contributed by atoms with E-state index in [2.05, 4.69) is 33.6 Å². The fourth-order valence-corrected chi connectivity index (χ4v) is 5.23. The number of nitrogens with two attached hydrogens (primary N) is 1. The molecule has 0 saturated carbocycles. The van der Waals surface area contributed by atoms with Crippen molar-refractivity contribution < 1.29 is 4.74 Å². The summed E-state index contributed by atoms with van der Waals surface area (Å²) in [6.45, 7) is 9.09.